The summed E-state index contributed by atoms with van der Waals surface area (Å²) in [6.07, 6.45) is 5.08. The molecule has 0 saturated carbocycles. The van der Waals surface area contributed by atoms with Gasteiger partial charge < -0.3 is 16.5 Å². The summed E-state index contributed by atoms with van der Waals surface area (Å²) in [5, 5.41) is 0. The van der Waals surface area contributed by atoms with Crippen molar-refractivity contribution in [2.75, 3.05) is 0 Å². The first-order valence-electron chi connectivity index (χ1n) is 2.21. The van der Waals surface area contributed by atoms with Crippen LogP contribution in [0.1, 0.15) is 0 Å². The number of hydrogen-bond acceptors (Lipinski definition) is 2. The number of primary amides is 2. The molecule has 1 heterocycles. The highest BCUT2D eigenvalue weighted by Gasteiger charge is 1.60. The number of aromatic nitrogens is 2. The van der Waals surface area contributed by atoms with Gasteiger partial charge in [-0.25, -0.2) is 9.78 Å². The van der Waals surface area contributed by atoms with Gasteiger partial charge in [0.2, 0.25) is 0 Å². The molecule has 0 saturated heterocycles. The maximum atomic E-state index is 9.00. The summed E-state index contributed by atoms with van der Waals surface area (Å²) in [5.41, 5.74) is 8.50. The minimum atomic E-state index is -0.833. The standard InChI is InChI=1S/C3H4N2.CH4N2O.ClH/c1-2-5-3-4-1;2-1(3)4;/h1-3H,(H,4,5);(H4,2,3,4);1H. The predicted octanol–water partition coefficient (Wildman–Crippen LogP) is -0.145. The van der Waals surface area contributed by atoms with Gasteiger partial charge in [0.1, 0.15) is 0 Å². The Kier molecular flexibility index (Phi) is 8.98. The lowest BCUT2D eigenvalue weighted by molar-refractivity contribution is 0.256. The van der Waals surface area contributed by atoms with Gasteiger partial charge in [-0.2, -0.15) is 0 Å². The number of halogens is 1. The first-order chi connectivity index (χ1) is 4.23. The van der Waals surface area contributed by atoms with Crippen LogP contribution < -0.4 is 11.5 Å². The van der Waals surface area contributed by atoms with Crippen LogP contribution in [0.5, 0.6) is 0 Å². The number of nitrogens with zero attached hydrogens (tertiary/aromatic N) is 1. The molecule has 5 nitrogen and oxygen atoms in total. The largest absolute Gasteiger partial charge is 0.352 e. The maximum Gasteiger partial charge on any atom is 0.309 e. The molecule has 1 aromatic rings. The first-order valence-corrected chi connectivity index (χ1v) is 2.21. The Balaban J connectivity index is 0. The normalized spacial score (nSPS) is 6.40. The summed E-state index contributed by atoms with van der Waals surface area (Å²) in [6, 6.07) is -0.833. The van der Waals surface area contributed by atoms with Crippen LogP contribution in [-0.2, 0) is 0 Å². The SMILES string of the molecule is Cl.NC(N)=O.c1c[nH]cn1. The van der Waals surface area contributed by atoms with E-state index in [9.17, 15) is 0 Å². The molecule has 0 radical (unpaired) electrons. The lowest BCUT2D eigenvalue weighted by Crippen LogP contribution is -2.18. The lowest BCUT2D eigenvalue weighted by Gasteiger charge is -1.62. The van der Waals surface area contributed by atoms with Crippen LogP contribution in [0.15, 0.2) is 18.7 Å². The van der Waals surface area contributed by atoms with E-state index in [0.29, 0.717) is 0 Å². The number of hydrogen-bond donors (Lipinski definition) is 3. The number of amides is 2. The molecule has 1 rings (SSSR count). The highest BCUT2D eigenvalue weighted by Crippen LogP contribution is 1.62. The minimum Gasteiger partial charge on any atom is -0.352 e. The average molecular weight is 165 g/mol. The van der Waals surface area contributed by atoms with E-state index in [-0.39, 0.29) is 12.4 Å². The van der Waals surface area contributed by atoms with Crippen LogP contribution in [0.25, 0.3) is 0 Å². The third-order valence-electron chi connectivity index (χ3n) is 0.406. The van der Waals surface area contributed by atoms with E-state index < -0.39 is 6.03 Å². The molecule has 1 aromatic heterocycles. The molecule has 5 N–H and O–H groups in total. The zero-order valence-electron chi connectivity index (χ0n) is 5.15. The molecule has 6 heteroatoms. The number of H-pyrrole nitrogens is 1. The van der Waals surface area contributed by atoms with E-state index in [1.807, 2.05) is 0 Å². The lowest BCUT2D eigenvalue weighted by atomic mass is 11.0. The van der Waals surface area contributed by atoms with Crippen molar-refractivity contribution in [2.45, 2.75) is 0 Å². The number of rotatable bonds is 0. The molecule has 2 amide bonds. The molecule has 10 heavy (non-hydrogen) atoms. The van der Waals surface area contributed by atoms with Crippen LogP contribution in [0, 0.1) is 0 Å². The van der Waals surface area contributed by atoms with Gasteiger partial charge in [-0.05, 0) is 0 Å². The highest BCUT2D eigenvalue weighted by molar-refractivity contribution is 5.85. The van der Waals surface area contributed by atoms with Gasteiger partial charge >= 0.3 is 6.03 Å². The van der Waals surface area contributed by atoms with Gasteiger partial charge in [0.25, 0.3) is 0 Å². The van der Waals surface area contributed by atoms with Crippen molar-refractivity contribution in [1.82, 2.24) is 9.97 Å². The fourth-order valence-corrected chi connectivity index (χ4v) is 0.215. The Morgan fingerprint density at radius 3 is 2.10 bits per heavy atom. The van der Waals surface area contributed by atoms with Crippen LogP contribution in [-0.4, -0.2) is 16.0 Å². The first kappa shape index (κ1) is 11.6. The quantitative estimate of drug-likeness (QED) is 0.497. The van der Waals surface area contributed by atoms with Gasteiger partial charge in [0, 0.05) is 12.4 Å². The Morgan fingerprint density at radius 1 is 1.50 bits per heavy atom. The summed E-state index contributed by atoms with van der Waals surface area (Å²) in [5.74, 6) is 0. The van der Waals surface area contributed by atoms with Crippen molar-refractivity contribution in [1.29, 1.82) is 0 Å². The van der Waals surface area contributed by atoms with Crippen molar-refractivity contribution >= 4 is 18.4 Å². The van der Waals surface area contributed by atoms with E-state index in [4.69, 9.17) is 4.79 Å². The Labute approximate surface area is 64.2 Å². The van der Waals surface area contributed by atoms with Crippen molar-refractivity contribution in [3.63, 3.8) is 0 Å². The van der Waals surface area contributed by atoms with Gasteiger partial charge in [-0.1, -0.05) is 0 Å². The number of aromatic amines is 1. The van der Waals surface area contributed by atoms with Gasteiger partial charge in [-0.3, -0.25) is 0 Å². The second-order valence-corrected chi connectivity index (χ2v) is 1.16. The maximum absolute atomic E-state index is 9.00. The molecule has 0 aliphatic rings. The van der Waals surface area contributed by atoms with Crippen LogP contribution >= 0.6 is 12.4 Å². The summed E-state index contributed by atoms with van der Waals surface area (Å²) < 4.78 is 0. The van der Waals surface area contributed by atoms with Crippen molar-refractivity contribution < 1.29 is 4.79 Å². The third-order valence-corrected chi connectivity index (χ3v) is 0.406. The van der Waals surface area contributed by atoms with Gasteiger partial charge in [-0.15, -0.1) is 12.4 Å². The molecule has 0 unspecified atom stereocenters. The molecule has 0 spiro atoms. The van der Waals surface area contributed by atoms with Crippen molar-refractivity contribution in [3.05, 3.63) is 18.7 Å². The van der Waals surface area contributed by atoms with E-state index in [1.165, 1.54) is 0 Å². The average Bonchev–Trinajstić information content (AvgIpc) is 2.11. The highest BCUT2D eigenvalue weighted by atomic mass is 35.5. The zero-order valence-corrected chi connectivity index (χ0v) is 5.97. The Hall–Kier alpha value is -1.23. The molecule has 0 aliphatic carbocycles. The number of nitrogens with two attached hydrogens (primary N) is 2. The number of carbonyl (C=O) groups is 1. The molecule has 0 aromatic carbocycles. The molecule has 58 valence electrons. The molecule has 0 fully saturated rings. The third kappa shape index (κ3) is 15.9. The van der Waals surface area contributed by atoms with Gasteiger partial charge in [0.05, 0.1) is 6.33 Å². The monoisotopic (exact) mass is 164 g/mol. The van der Waals surface area contributed by atoms with E-state index in [0.717, 1.165) is 0 Å². The van der Waals surface area contributed by atoms with Crippen molar-refractivity contribution in [3.8, 4) is 0 Å². The second kappa shape index (κ2) is 7.77. The molecular weight excluding hydrogens is 156 g/mol. The van der Waals surface area contributed by atoms with Crippen molar-refractivity contribution in [2.24, 2.45) is 11.5 Å². The molecule has 0 atom stereocenters. The second-order valence-electron chi connectivity index (χ2n) is 1.16. The minimum absolute atomic E-state index is 0. The molecule has 0 aliphatic heterocycles. The van der Waals surface area contributed by atoms with Crippen LogP contribution in [0.2, 0.25) is 0 Å². The molecule has 0 bridgehead atoms. The fourth-order valence-electron chi connectivity index (χ4n) is 0.215. The zero-order chi connectivity index (χ0) is 7.11. The Morgan fingerprint density at radius 2 is 2.00 bits per heavy atom. The van der Waals surface area contributed by atoms with Gasteiger partial charge in [0.15, 0.2) is 0 Å². The summed E-state index contributed by atoms with van der Waals surface area (Å²) in [6.45, 7) is 0. The topological polar surface area (TPSA) is 97.8 Å². The number of imidazole rings is 1. The predicted molar refractivity (Wildman–Crippen MR) is 39.6 cm³/mol. The smallest absolute Gasteiger partial charge is 0.309 e. The number of urea groups is 1. The van der Waals surface area contributed by atoms with E-state index >= 15 is 0 Å². The van der Waals surface area contributed by atoms with E-state index in [2.05, 4.69) is 21.4 Å². The molecular formula is C4H9ClN4O. The summed E-state index contributed by atoms with van der Waals surface area (Å²) in [4.78, 5) is 15.4. The van der Waals surface area contributed by atoms with E-state index in [1.54, 1.807) is 18.7 Å². The number of nitrogens with one attached hydrogen (secondary N) is 1. The summed E-state index contributed by atoms with van der Waals surface area (Å²) in [7, 11) is 0. The van der Waals surface area contributed by atoms with Crippen LogP contribution in [0.3, 0.4) is 0 Å². The number of carbonyl (C=O) groups excluding carboxylic acids is 1. The van der Waals surface area contributed by atoms with Crippen LogP contribution in [0.4, 0.5) is 4.79 Å². The Bertz CT molecular complexity index is 131. The fraction of sp³-hybridized carbons (Fsp3) is 0. The summed E-state index contributed by atoms with van der Waals surface area (Å²) >= 11 is 0.